The van der Waals surface area contributed by atoms with Crippen molar-refractivity contribution in [3.8, 4) is 5.88 Å². The zero-order valence-corrected chi connectivity index (χ0v) is 10.6. The molecule has 0 unspecified atom stereocenters. The number of carboxylic acids is 1. The highest BCUT2D eigenvalue weighted by Crippen LogP contribution is 2.22. The van der Waals surface area contributed by atoms with Gasteiger partial charge in [-0.25, -0.2) is 4.98 Å². The van der Waals surface area contributed by atoms with Crippen molar-refractivity contribution in [3.05, 3.63) is 10.7 Å². The molecule has 7 heteroatoms. The van der Waals surface area contributed by atoms with Crippen molar-refractivity contribution in [1.29, 1.82) is 0 Å². The van der Waals surface area contributed by atoms with Crippen LogP contribution in [0.4, 0.5) is 5.95 Å². The number of halogens is 1. The van der Waals surface area contributed by atoms with E-state index in [0.29, 0.717) is 22.8 Å². The van der Waals surface area contributed by atoms with Crippen molar-refractivity contribution in [2.75, 3.05) is 25.6 Å². The van der Waals surface area contributed by atoms with Gasteiger partial charge in [0.25, 0.3) is 0 Å². The van der Waals surface area contributed by atoms with Gasteiger partial charge in [0.15, 0.2) is 0 Å². The quantitative estimate of drug-likeness (QED) is 0.877. The summed E-state index contributed by atoms with van der Waals surface area (Å²) in [6.07, 6.45) is 1.61. The molecule has 6 nitrogen and oxygen atoms in total. The molecular formula is C9H12BrN3O3. The summed E-state index contributed by atoms with van der Waals surface area (Å²) in [5, 5.41) is 8.55. The molecular weight excluding hydrogens is 278 g/mol. The van der Waals surface area contributed by atoms with E-state index in [2.05, 4.69) is 25.9 Å². The maximum absolute atomic E-state index is 10.4. The molecule has 1 heterocycles. The third kappa shape index (κ3) is 3.34. The van der Waals surface area contributed by atoms with Crippen LogP contribution in [0.2, 0.25) is 0 Å². The van der Waals surface area contributed by atoms with Gasteiger partial charge in [-0.3, -0.25) is 4.79 Å². The smallest absolute Gasteiger partial charge is 0.305 e. The molecule has 1 aromatic rings. The first-order chi connectivity index (χ1) is 7.54. The summed E-state index contributed by atoms with van der Waals surface area (Å²) in [5.41, 5.74) is 0. The molecule has 0 spiro atoms. The first-order valence-electron chi connectivity index (χ1n) is 4.54. The Balaban J connectivity index is 2.75. The van der Waals surface area contributed by atoms with Crippen LogP contribution in [-0.4, -0.2) is 41.7 Å². The third-order valence-electron chi connectivity index (χ3n) is 1.90. The van der Waals surface area contributed by atoms with Gasteiger partial charge >= 0.3 is 5.97 Å². The number of nitrogens with zero attached hydrogens (tertiary/aromatic N) is 3. The van der Waals surface area contributed by atoms with Crippen LogP contribution >= 0.6 is 15.9 Å². The number of anilines is 1. The second-order valence-corrected chi connectivity index (χ2v) is 3.95. The van der Waals surface area contributed by atoms with Gasteiger partial charge in [0, 0.05) is 13.6 Å². The zero-order valence-electron chi connectivity index (χ0n) is 8.97. The van der Waals surface area contributed by atoms with Gasteiger partial charge in [-0.2, -0.15) is 4.98 Å². The van der Waals surface area contributed by atoms with Gasteiger partial charge in [-0.15, -0.1) is 0 Å². The lowest BCUT2D eigenvalue weighted by molar-refractivity contribution is -0.136. The fraction of sp³-hybridized carbons (Fsp3) is 0.444. The molecule has 0 fully saturated rings. The van der Waals surface area contributed by atoms with Crippen LogP contribution in [0.3, 0.4) is 0 Å². The molecule has 0 saturated heterocycles. The number of aliphatic carboxylic acids is 1. The second kappa shape index (κ2) is 5.64. The van der Waals surface area contributed by atoms with Crippen molar-refractivity contribution in [2.24, 2.45) is 0 Å². The molecule has 1 N–H and O–H groups in total. The molecule has 0 saturated carbocycles. The number of carbonyl (C=O) groups is 1. The Kier molecular flexibility index (Phi) is 4.48. The van der Waals surface area contributed by atoms with Crippen LogP contribution in [0.15, 0.2) is 10.7 Å². The molecule has 0 bridgehead atoms. The minimum absolute atomic E-state index is 0.0399. The molecule has 0 atom stereocenters. The zero-order chi connectivity index (χ0) is 12.1. The van der Waals surface area contributed by atoms with E-state index in [1.54, 1.807) is 18.1 Å². The molecule has 0 amide bonds. The Hall–Kier alpha value is -1.37. The van der Waals surface area contributed by atoms with E-state index in [1.165, 1.54) is 7.11 Å². The summed E-state index contributed by atoms with van der Waals surface area (Å²) in [6, 6.07) is 0. The molecule has 0 aliphatic rings. The SMILES string of the molecule is COc1nc(N(C)CCC(=O)O)ncc1Br. The number of hydrogen-bond acceptors (Lipinski definition) is 5. The molecule has 1 aromatic heterocycles. The molecule has 16 heavy (non-hydrogen) atoms. The van der Waals surface area contributed by atoms with Crippen LogP contribution in [-0.2, 0) is 4.79 Å². The highest BCUT2D eigenvalue weighted by atomic mass is 79.9. The van der Waals surface area contributed by atoms with Crippen LogP contribution in [0.1, 0.15) is 6.42 Å². The summed E-state index contributed by atoms with van der Waals surface area (Å²) in [6.45, 7) is 0.347. The van der Waals surface area contributed by atoms with Gasteiger partial charge in [-0.1, -0.05) is 0 Å². The molecule has 0 aliphatic carbocycles. The summed E-state index contributed by atoms with van der Waals surface area (Å²) in [5.74, 6) is 0.00408. The van der Waals surface area contributed by atoms with Gasteiger partial charge in [-0.05, 0) is 15.9 Å². The third-order valence-corrected chi connectivity index (χ3v) is 2.44. The van der Waals surface area contributed by atoms with E-state index in [-0.39, 0.29) is 6.42 Å². The number of aromatic nitrogens is 2. The highest BCUT2D eigenvalue weighted by Gasteiger charge is 2.10. The topological polar surface area (TPSA) is 75.5 Å². The van der Waals surface area contributed by atoms with Gasteiger partial charge in [0.05, 0.1) is 24.2 Å². The average Bonchev–Trinajstić information content (AvgIpc) is 2.26. The Morgan fingerprint density at radius 1 is 1.69 bits per heavy atom. The van der Waals surface area contributed by atoms with E-state index in [1.807, 2.05) is 0 Å². The maximum Gasteiger partial charge on any atom is 0.305 e. The predicted octanol–water partition coefficient (Wildman–Crippen LogP) is 1.16. The first-order valence-corrected chi connectivity index (χ1v) is 5.33. The first kappa shape index (κ1) is 12.7. The summed E-state index contributed by atoms with van der Waals surface area (Å²) in [4.78, 5) is 20.2. The Morgan fingerprint density at radius 2 is 2.38 bits per heavy atom. The van der Waals surface area contributed by atoms with E-state index in [4.69, 9.17) is 9.84 Å². The largest absolute Gasteiger partial charge is 0.481 e. The van der Waals surface area contributed by atoms with E-state index < -0.39 is 5.97 Å². The van der Waals surface area contributed by atoms with Crippen molar-refractivity contribution in [2.45, 2.75) is 6.42 Å². The lowest BCUT2D eigenvalue weighted by atomic mass is 10.4. The van der Waals surface area contributed by atoms with Gasteiger partial charge in [0.2, 0.25) is 11.8 Å². The molecule has 1 rings (SSSR count). The highest BCUT2D eigenvalue weighted by molar-refractivity contribution is 9.10. The van der Waals surface area contributed by atoms with E-state index in [0.717, 1.165) is 0 Å². The number of ether oxygens (including phenoxy) is 1. The Bertz CT molecular complexity index is 386. The Labute approximate surface area is 101 Å². The summed E-state index contributed by atoms with van der Waals surface area (Å²) < 4.78 is 5.68. The summed E-state index contributed by atoms with van der Waals surface area (Å²) in [7, 11) is 3.24. The molecule has 88 valence electrons. The van der Waals surface area contributed by atoms with Crippen LogP contribution in [0, 0.1) is 0 Å². The maximum atomic E-state index is 10.4. The minimum atomic E-state index is -0.851. The average molecular weight is 290 g/mol. The fourth-order valence-corrected chi connectivity index (χ4v) is 1.39. The number of rotatable bonds is 5. The number of hydrogen-bond donors (Lipinski definition) is 1. The molecule has 0 aliphatic heterocycles. The minimum Gasteiger partial charge on any atom is -0.481 e. The lowest BCUT2D eigenvalue weighted by Crippen LogP contribution is -2.23. The second-order valence-electron chi connectivity index (χ2n) is 3.09. The lowest BCUT2D eigenvalue weighted by Gasteiger charge is -2.16. The van der Waals surface area contributed by atoms with E-state index in [9.17, 15) is 4.79 Å². The molecule has 0 aromatic carbocycles. The van der Waals surface area contributed by atoms with Crippen LogP contribution in [0.25, 0.3) is 0 Å². The van der Waals surface area contributed by atoms with Crippen molar-refractivity contribution >= 4 is 27.8 Å². The number of carboxylic acid groups (broad SMARTS) is 1. The molecule has 0 radical (unpaired) electrons. The van der Waals surface area contributed by atoms with Crippen molar-refractivity contribution in [1.82, 2.24) is 9.97 Å². The van der Waals surface area contributed by atoms with Crippen LogP contribution in [0.5, 0.6) is 5.88 Å². The normalized spacial score (nSPS) is 9.94. The number of methoxy groups -OCH3 is 1. The Morgan fingerprint density at radius 3 is 2.94 bits per heavy atom. The van der Waals surface area contributed by atoms with E-state index >= 15 is 0 Å². The van der Waals surface area contributed by atoms with Crippen LogP contribution < -0.4 is 9.64 Å². The van der Waals surface area contributed by atoms with Gasteiger partial charge in [0.1, 0.15) is 0 Å². The standard InChI is InChI=1S/C9H12BrN3O3/c1-13(4-3-7(14)15)9-11-5-6(10)8(12-9)16-2/h5H,3-4H2,1-2H3,(H,14,15). The van der Waals surface area contributed by atoms with Crippen molar-refractivity contribution < 1.29 is 14.6 Å². The van der Waals surface area contributed by atoms with Crippen molar-refractivity contribution in [3.63, 3.8) is 0 Å². The van der Waals surface area contributed by atoms with Gasteiger partial charge < -0.3 is 14.7 Å². The summed E-state index contributed by atoms with van der Waals surface area (Å²) >= 11 is 3.24. The fourth-order valence-electron chi connectivity index (χ4n) is 1.03. The monoisotopic (exact) mass is 289 g/mol. The predicted molar refractivity (Wildman–Crippen MR) is 61.8 cm³/mol.